The van der Waals surface area contributed by atoms with Gasteiger partial charge in [0.2, 0.25) is 5.91 Å². The van der Waals surface area contributed by atoms with Gasteiger partial charge in [-0.2, -0.15) is 0 Å². The van der Waals surface area contributed by atoms with Gasteiger partial charge in [-0.15, -0.1) is 12.4 Å². The van der Waals surface area contributed by atoms with Crippen molar-refractivity contribution >= 4 is 35.8 Å². The zero-order valence-electron chi connectivity index (χ0n) is 16.1. The quantitative estimate of drug-likeness (QED) is 0.789. The maximum atomic E-state index is 13.0. The van der Waals surface area contributed by atoms with Crippen LogP contribution in [-0.4, -0.2) is 59.9 Å². The number of hydrogen-bond donors (Lipinski definition) is 1. The Hall–Kier alpha value is -1.30. The van der Waals surface area contributed by atoms with Crippen LogP contribution < -0.4 is 5.32 Å². The van der Waals surface area contributed by atoms with Crippen LogP contribution in [0.1, 0.15) is 48.9 Å². The van der Waals surface area contributed by atoms with Gasteiger partial charge in [0.15, 0.2) is 0 Å². The third kappa shape index (κ3) is 4.64. The third-order valence-corrected chi connectivity index (χ3v) is 6.56. The van der Waals surface area contributed by atoms with E-state index in [-0.39, 0.29) is 30.3 Å². The number of halogens is 2. The van der Waals surface area contributed by atoms with Crippen molar-refractivity contribution < 1.29 is 9.59 Å². The van der Waals surface area contributed by atoms with Crippen LogP contribution in [0.15, 0.2) is 24.3 Å². The Balaban J connectivity index is 0.00000225. The van der Waals surface area contributed by atoms with Crippen LogP contribution in [-0.2, 0) is 4.79 Å². The lowest BCUT2D eigenvalue weighted by molar-refractivity contribution is -0.133. The minimum absolute atomic E-state index is 0. The number of carbonyl (C=O) groups is 2. The molecular weight excluding hydrogens is 397 g/mol. The van der Waals surface area contributed by atoms with Gasteiger partial charge < -0.3 is 15.1 Å². The smallest absolute Gasteiger partial charge is 0.253 e. The molecule has 7 heteroatoms. The molecule has 5 nitrogen and oxygen atoms in total. The fourth-order valence-electron chi connectivity index (χ4n) is 4.88. The molecule has 0 radical (unpaired) electrons. The Morgan fingerprint density at radius 1 is 1.00 bits per heavy atom. The molecule has 154 valence electrons. The molecule has 2 saturated heterocycles. The Bertz CT molecular complexity index is 701. The zero-order chi connectivity index (χ0) is 18.8. The third-order valence-electron chi connectivity index (χ3n) is 6.33. The standard InChI is InChI=1S/C21H28ClN3O2.ClH/c22-17-7-3-6-16(13-17)20(26)24-9-4-10-25(12-11-24)21(27)19-14-15-5-1-2-8-18(15)23-19;/h3,6-7,13,15,18-19,23H,1-2,4-5,8-12,14H2;1H. The summed E-state index contributed by atoms with van der Waals surface area (Å²) in [7, 11) is 0. The zero-order valence-corrected chi connectivity index (χ0v) is 17.7. The summed E-state index contributed by atoms with van der Waals surface area (Å²) in [6.45, 7) is 2.60. The Kier molecular flexibility index (Phi) is 7.24. The van der Waals surface area contributed by atoms with Crippen molar-refractivity contribution in [3.63, 3.8) is 0 Å². The van der Waals surface area contributed by atoms with Crippen molar-refractivity contribution in [2.75, 3.05) is 26.2 Å². The molecule has 3 atom stereocenters. The summed E-state index contributed by atoms with van der Waals surface area (Å²) in [4.78, 5) is 29.6. The van der Waals surface area contributed by atoms with E-state index in [1.807, 2.05) is 9.80 Å². The molecule has 1 saturated carbocycles. The van der Waals surface area contributed by atoms with Gasteiger partial charge in [0, 0.05) is 42.8 Å². The average Bonchev–Trinajstić information content (AvgIpc) is 2.96. The first-order valence-electron chi connectivity index (χ1n) is 10.2. The van der Waals surface area contributed by atoms with Gasteiger partial charge in [-0.1, -0.05) is 30.5 Å². The van der Waals surface area contributed by atoms with E-state index in [1.165, 1.54) is 25.7 Å². The molecule has 1 N–H and O–H groups in total. The average molecular weight is 426 g/mol. The lowest BCUT2D eigenvalue weighted by Crippen LogP contribution is -2.46. The number of rotatable bonds is 2. The van der Waals surface area contributed by atoms with Gasteiger partial charge in [0.05, 0.1) is 6.04 Å². The van der Waals surface area contributed by atoms with E-state index in [9.17, 15) is 9.59 Å². The second-order valence-corrected chi connectivity index (χ2v) is 8.52. The highest BCUT2D eigenvalue weighted by atomic mass is 35.5. The number of fused-ring (bicyclic) bond motifs is 1. The maximum Gasteiger partial charge on any atom is 0.253 e. The van der Waals surface area contributed by atoms with Crippen LogP contribution in [0.5, 0.6) is 0 Å². The van der Waals surface area contributed by atoms with Crippen molar-refractivity contribution in [3.05, 3.63) is 34.9 Å². The second-order valence-electron chi connectivity index (χ2n) is 8.09. The molecule has 1 aliphatic carbocycles. The lowest BCUT2D eigenvalue weighted by atomic mass is 9.85. The molecule has 0 spiro atoms. The molecule has 4 rings (SSSR count). The van der Waals surface area contributed by atoms with Crippen molar-refractivity contribution in [1.29, 1.82) is 0 Å². The van der Waals surface area contributed by atoms with Crippen LogP contribution in [0.3, 0.4) is 0 Å². The maximum absolute atomic E-state index is 13.0. The van der Waals surface area contributed by atoms with Crippen LogP contribution in [0.4, 0.5) is 0 Å². The van der Waals surface area contributed by atoms with Gasteiger partial charge in [-0.25, -0.2) is 0 Å². The number of benzene rings is 1. The van der Waals surface area contributed by atoms with Crippen molar-refractivity contribution in [3.8, 4) is 0 Å². The molecule has 2 heterocycles. The van der Waals surface area contributed by atoms with E-state index in [0.29, 0.717) is 42.2 Å². The summed E-state index contributed by atoms with van der Waals surface area (Å²) >= 11 is 6.02. The molecule has 28 heavy (non-hydrogen) atoms. The van der Waals surface area contributed by atoms with Crippen LogP contribution in [0.25, 0.3) is 0 Å². The molecule has 2 amide bonds. The molecule has 1 aromatic rings. The summed E-state index contributed by atoms with van der Waals surface area (Å²) in [5.74, 6) is 0.888. The second kappa shape index (κ2) is 9.47. The molecule has 2 aliphatic heterocycles. The van der Waals surface area contributed by atoms with Gasteiger partial charge in [-0.3, -0.25) is 9.59 Å². The van der Waals surface area contributed by atoms with E-state index in [1.54, 1.807) is 24.3 Å². The Labute approximate surface area is 178 Å². The SMILES string of the molecule is Cl.O=C(c1cccc(Cl)c1)N1CCCN(C(=O)C2CC3CCCCC3N2)CC1. The fraction of sp³-hybridized carbons (Fsp3) is 0.619. The number of nitrogens with one attached hydrogen (secondary N) is 1. The highest BCUT2D eigenvalue weighted by Crippen LogP contribution is 2.33. The van der Waals surface area contributed by atoms with E-state index in [0.717, 1.165) is 19.4 Å². The van der Waals surface area contributed by atoms with Gasteiger partial charge in [0.25, 0.3) is 5.91 Å². The van der Waals surface area contributed by atoms with Crippen molar-refractivity contribution in [2.45, 2.75) is 50.6 Å². The van der Waals surface area contributed by atoms with Crippen LogP contribution in [0, 0.1) is 5.92 Å². The molecule has 0 aromatic heterocycles. The van der Waals surface area contributed by atoms with E-state index >= 15 is 0 Å². The summed E-state index contributed by atoms with van der Waals surface area (Å²) < 4.78 is 0. The summed E-state index contributed by atoms with van der Waals surface area (Å²) in [5.41, 5.74) is 0.615. The first-order chi connectivity index (χ1) is 13.1. The molecule has 0 bridgehead atoms. The van der Waals surface area contributed by atoms with Crippen LogP contribution in [0.2, 0.25) is 5.02 Å². The first kappa shape index (κ1) is 21.4. The molecule has 3 fully saturated rings. The van der Waals surface area contributed by atoms with E-state index in [2.05, 4.69) is 5.32 Å². The molecule has 3 unspecified atom stereocenters. The number of amides is 2. The van der Waals surface area contributed by atoms with Crippen molar-refractivity contribution in [1.82, 2.24) is 15.1 Å². The predicted octanol–water partition coefficient (Wildman–Crippen LogP) is 3.36. The van der Waals surface area contributed by atoms with Crippen LogP contribution >= 0.6 is 24.0 Å². The van der Waals surface area contributed by atoms with Gasteiger partial charge in [0.1, 0.15) is 0 Å². The summed E-state index contributed by atoms with van der Waals surface area (Å²) in [5, 5.41) is 4.16. The monoisotopic (exact) mass is 425 g/mol. The summed E-state index contributed by atoms with van der Waals surface area (Å²) in [6, 6.07) is 7.57. The normalized spacial score (nSPS) is 27.5. The largest absolute Gasteiger partial charge is 0.340 e. The first-order valence-corrected chi connectivity index (χ1v) is 10.6. The molecular formula is C21H29Cl2N3O2. The van der Waals surface area contributed by atoms with E-state index < -0.39 is 0 Å². The van der Waals surface area contributed by atoms with Gasteiger partial charge >= 0.3 is 0 Å². The predicted molar refractivity (Wildman–Crippen MR) is 113 cm³/mol. The lowest BCUT2D eigenvalue weighted by Gasteiger charge is -2.25. The minimum Gasteiger partial charge on any atom is -0.340 e. The molecule has 3 aliphatic rings. The topological polar surface area (TPSA) is 52.7 Å². The minimum atomic E-state index is -0.0340. The number of hydrogen-bond acceptors (Lipinski definition) is 3. The number of carbonyl (C=O) groups excluding carboxylic acids is 2. The Morgan fingerprint density at radius 3 is 2.54 bits per heavy atom. The van der Waals surface area contributed by atoms with E-state index in [4.69, 9.17) is 11.6 Å². The molecule has 1 aromatic carbocycles. The highest BCUT2D eigenvalue weighted by molar-refractivity contribution is 6.30. The Morgan fingerprint density at radius 2 is 1.75 bits per heavy atom. The van der Waals surface area contributed by atoms with Gasteiger partial charge in [-0.05, 0) is 49.8 Å². The van der Waals surface area contributed by atoms with Crippen molar-refractivity contribution in [2.24, 2.45) is 5.92 Å². The highest BCUT2D eigenvalue weighted by Gasteiger charge is 2.40. The summed E-state index contributed by atoms with van der Waals surface area (Å²) in [6.07, 6.45) is 6.83. The number of nitrogens with zero attached hydrogens (tertiary/aromatic N) is 2. The fourth-order valence-corrected chi connectivity index (χ4v) is 5.07.